The molecule has 4 rings (SSSR count). The number of hydrogen-bond acceptors (Lipinski definition) is 5. The molecule has 0 spiro atoms. The van der Waals surface area contributed by atoms with E-state index < -0.39 is 0 Å². The number of thiophene rings is 1. The Morgan fingerprint density at radius 1 is 1.44 bits per heavy atom. The minimum atomic E-state index is 0.164. The van der Waals surface area contributed by atoms with Gasteiger partial charge >= 0.3 is 0 Å². The van der Waals surface area contributed by atoms with E-state index in [0.717, 1.165) is 41.4 Å². The molecule has 25 heavy (non-hydrogen) atoms. The van der Waals surface area contributed by atoms with Gasteiger partial charge in [-0.3, -0.25) is 4.79 Å². The molecule has 0 bridgehead atoms. The molecule has 0 saturated heterocycles. The van der Waals surface area contributed by atoms with Crippen molar-refractivity contribution in [3.8, 4) is 5.75 Å². The average molecular weight is 374 g/mol. The highest BCUT2D eigenvalue weighted by Crippen LogP contribution is 2.26. The Morgan fingerprint density at radius 2 is 2.36 bits per heavy atom. The average Bonchev–Trinajstić information content (AvgIpc) is 3.25. The molecule has 1 amide bonds. The number of fused-ring (bicyclic) bond motifs is 2. The van der Waals surface area contributed by atoms with Gasteiger partial charge in [-0.25, -0.2) is 4.98 Å². The smallest absolute Gasteiger partial charge is 0.233 e. The molecule has 1 aliphatic rings. The minimum absolute atomic E-state index is 0.164. The molecule has 130 valence electrons. The molecule has 0 unspecified atom stereocenters. The van der Waals surface area contributed by atoms with Gasteiger partial charge in [-0.05, 0) is 42.5 Å². The van der Waals surface area contributed by atoms with Gasteiger partial charge < -0.3 is 14.6 Å². The Balaban J connectivity index is 1.39. The molecule has 1 aromatic carbocycles. The fraction of sp³-hybridized carbons (Fsp3) is 0.333. The van der Waals surface area contributed by atoms with Crippen LogP contribution in [0.1, 0.15) is 17.4 Å². The quantitative estimate of drug-likeness (QED) is 0.693. The monoisotopic (exact) mass is 373 g/mol. The molecule has 1 N–H and O–H groups in total. The van der Waals surface area contributed by atoms with Gasteiger partial charge in [0.15, 0.2) is 5.16 Å². The zero-order chi connectivity index (χ0) is 17.2. The molecular weight excluding hydrogens is 354 g/mol. The van der Waals surface area contributed by atoms with Gasteiger partial charge in [0, 0.05) is 24.0 Å². The van der Waals surface area contributed by atoms with Gasteiger partial charge in [-0.15, -0.1) is 11.3 Å². The van der Waals surface area contributed by atoms with Crippen LogP contribution in [0.5, 0.6) is 5.75 Å². The predicted molar refractivity (Wildman–Crippen MR) is 101 cm³/mol. The molecule has 0 atom stereocenters. The highest BCUT2D eigenvalue weighted by molar-refractivity contribution is 7.99. The van der Waals surface area contributed by atoms with Gasteiger partial charge in [0.25, 0.3) is 0 Å². The van der Waals surface area contributed by atoms with Crippen LogP contribution in [0.3, 0.4) is 0 Å². The van der Waals surface area contributed by atoms with E-state index in [2.05, 4.69) is 21.4 Å². The molecule has 7 heteroatoms. The van der Waals surface area contributed by atoms with Crippen molar-refractivity contribution in [3.63, 3.8) is 0 Å². The van der Waals surface area contributed by atoms with Crippen molar-refractivity contribution < 1.29 is 9.53 Å². The van der Waals surface area contributed by atoms with Crippen molar-refractivity contribution in [1.29, 1.82) is 0 Å². The normalized spacial score (nSPS) is 13.9. The third-order valence-electron chi connectivity index (χ3n) is 4.24. The summed E-state index contributed by atoms with van der Waals surface area (Å²) >= 11 is 3.24. The Labute approximate surface area is 154 Å². The van der Waals surface area contributed by atoms with E-state index in [4.69, 9.17) is 4.74 Å². The van der Waals surface area contributed by atoms with Crippen molar-refractivity contribution in [3.05, 3.63) is 40.1 Å². The van der Waals surface area contributed by atoms with Crippen LogP contribution in [0, 0.1) is 0 Å². The number of carbonyl (C=O) groups excluding carboxylic acids is 1. The number of hydrogen-bond donors (Lipinski definition) is 1. The van der Waals surface area contributed by atoms with E-state index in [1.165, 1.54) is 22.2 Å². The van der Waals surface area contributed by atoms with Gasteiger partial charge in [0.1, 0.15) is 5.75 Å². The predicted octanol–water partition coefficient (Wildman–Crippen LogP) is 3.70. The van der Waals surface area contributed by atoms with Crippen LogP contribution in [0.4, 0.5) is 0 Å². The molecule has 2 aromatic heterocycles. The molecule has 0 aliphatic carbocycles. The fourth-order valence-electron chi connectivity index (χ4n) is 2.97. The zero-order valence-electron chi connectivity index (χ0n) is 13.9. The van der Waals surface area contributed by atoms with E-state index >= 15 is 0 Å². The molecular formula is C18H19N3O2S2. The number of imidazole rings is 1. The number of aromatic nitrogens is 2. The van der Waals surface area contributed by atoms with Crippen LogP contribution in [-0.4, -0.2) is 39.7 Å². The minimum Gasteiger partial charge on any atom is -0.494 e. The van der Waals surface area contributed by atoms with Crippen LogP contribution in [-0.2, 0) is 17.8 Å². The van der Waals surface area contributed by atoms with E-state index in [9.17, 15) is 4.79 Å². The highest BCUT2D eigenvalue weighted by Gasteiger charge is 2.21. The van der Waals surface area contributed by atoms with Crippen molar-refractivity contribution in [1.82, 2.24) is 14.9 Å². The summed E-state index contributed by atoms with van der Waals surface area (Å²) in [4.78, 5) is 23.7. The van der Waals surface area contributed by atoms with Crippen molar-refractivity contribution in [2.75, 3.05) is 18.9 Å². The molecule has 5 nitrogen and oxygen atoms in total. The molecule has 0 saturated carbocycles. The van der Waals surface area contributed by atoms with Crippen molar-refractivity contribution in [2.45, 2.75) is 25.0 Å². The second kappa shape index (κ2) is 7.09. The van der Waals surface area contributed by atoms with E-state index in [1.807, 2.05) is 30.0 Å². The maximum absolute atomic E-state index is 12.5. The largest absolute Gasteiger partial charge is 0.494 e. The number of nitrogens with one attached hydrogen (secondary N) is 1. The molecule has 3 aromatic rings. The molecule has 0 fully saturated rings. The maximum atomic E-state index is 12.5. The number of rotatable bonds is 5. The molecule has 1 aliphatic heterocycles. The van der Waals surface area contributed by atoms with Crippen LogP contribution < -0.4 is 4.74 Å². The molecule has 3 heterocycles. The first-order chi connectivity index (χ1) is 12.2. The third kappa shape index (κ3) is 3.52. The lowest BCUT2D eigenvalue weighted by molar-refractivity contribution is -0.129. The first-order valence-electron chi connectivity index (χ1n) is 8.31. The summed E-state index contributed by atoms with van der Waals surface area (Å²) in [5, 5.41) is 2.88. The second-order valence-corrected chi connectivity index (χ2v) is 7.84. The van der Waals surface area contributed by atoms with Gasteiger partial charge in [-0.2, -0.15) is 0 Å². The topological polar surface area (TPSA) is 58.2 Å². The third-order valence-corrected chi connectivity index (χ3v) is 6.12. The Bertz CT molecular complexity index is 903. The summed E-state index contributed by atoms with van der Waals surface area (Å²) in [6.45, 7) is 4.14. The summed E-state index contributed by atoms with van der Waals surface area (Å²) in [6.07, 6.45) is 0.967. The Morgan fingerprint density at radius 3 is 3.24 bits per heavy atom. The number of amides is 1. The van der Waals surface area contributed by atoms with E-state index in [-0.39, 0.29) is 5.91 Å². The number of thioether (sulfide) groups is 1. The first kappa shape index (κ1) is 16.5. The lowest BCUT2D eigenvalue weighted by Crippen LogP contribution is -2.36. The maximum Gasteiger partial charge on any atom is 0.233 e. The SMILES string of the molecule is CCOc1ccc2nc(SCC(=O)N3CCc4sccc4C3)[nH]c2c1. The lowest BCUT2D eigenvalue weighted by Gasteiger charge is -2.26. The summed E-state index contributed by atoms with van der Waals surface area (Å²) < 4.78 is 5.51. The number of ether oxygens (including phenoxy) is 1. The number of aromatic amines is 1. The number of carbonyl (C=O) groups is 1. The second-order valence-electron chi connectivity index (χ2n) is 5.88. The highest BCUT2D eigenvalue weighted by atomic mass is 32.2. The van der Waals surface area contributed by atoms with Crippen LogP contribution in [0.2, 0.25) is 0 Å². The molecule has 0 radical (unpaired) electrons. The summed E-state index contributed by atoms with van der Waals surface area (Å²) in [5.41, 5.74) is 3.11. The van der Waals surface area contributed by atoms with Crippen LogP contribution >= 0.6 is 23.1 Å². The summed E-state index contributed by atoms with van der Waals surface area (Å²) in [7, 11) is 0. The van der Waals surface area contributed by atoms with Gasteiger partial charge in [0.05, 0.1) is 23.4 Å². The standard InChI is InChI=1S/C18H19N3O2S2/c1-2-23-13-3-4-14-15(9-13)20-18(19-14)25-11-17(22)21-7-5-16-12(10-21)6-8-24-16/h3-4,6,8-9H,2,5,7,10-11H2,1H3,(H,19,20). The Hall–Kier alpha value is -1.99. The van der Waals surface area contributed by atoms with E-state index in [0.29, 0.717) is 12.4 Å². The Kier molecular flexibility index (Phi) is 4.67. The zero-order valence-corrected chi connectivity index (χ0v) is 15.6. The van der Waals surface area contributed by atoms with E-state index in [1.54, 1.807) is 11.3 Å². The summed E-state index contributed by atoms with van der Waals surface area (Å²) in [6, 6.07) is 7.92. The van der Waals surface area contributed by atoms with Crippen molar-refractivity contribution >= 4 is 40.0 Å². The van der Waals surface area contributed by atoms with Crippen LogP contribution in [0.25, 0.3) is 11.0 Å². The first-order valence-corrected chi connectivity index (χ1v) is 10.2. The fourth-order valence-corrected chi connectivity index (χ4v) is 4.65. The van der Waals surface area contributed by atoms with Crippen LogP contribution in [0.15, 0.2) is 34.8 Å². The number of H-pyrrole nitrogens is 1. The van der Waals surface area contributed by atoms with Gasteiger partial charge in [-0.1, -0.05) is 11.8 Å². The summed E-state index contributed by atoms with van der Waals surface area (Å²) in [5.74, 6) is 1.39. The number of nitrogens with zero attached hydrogens (tertiary/aromatic N) is 2. The number of benzene rings is 1. The van der Waals surface area contributed by atoms with Gasteiger partial charge in [0.2, 0.25) is 5.91 Å². The van der Waals surface area contributed by atoms with Crippen molar-refractivity contribution in [2.24, 2.45) is 0 Å². The lowest BCUT2D eigenvalue weighted by atomic mass is 10.1.